The maximum absolute atomic E-state index is 13.5. The Hall–Kier alpha value is -3.00. The van der Waals surface area contributed by atoms with E-state index in [4.69, 9.17) is 0 Å². The first kappa shape index (κ1) is 19.8. The molecule has 0 aliphatic rings. The highest BCUT2D eigenvalue weighted by molar-refractivity contribution is 7.92. The topological polar surface area (TPSA) is 88.2 Å². The van der Waals surface area contributed by atoms with Crippen molar-refractivity contribution in [3.63, 3.8) is 0 Å². The van der Waals surface area contributed by atoms with Gasteiger partial charge in [0.15, 0.2) is 0 Å². The van der Waals surface area contributed by atoms with Gasteiger partial charge in [-0.2, -0.15) is 0 Å². The van der Waals surface area contributed by atoms with Gasteiger partial charge in [0.1, 0.15) is 5.82 Å². The van der Waals surface area contributed by atoms with Gasteiger partial charge in [-0.25, -0.2) is 12.8 Å². The normalized spacial score (nSPS) is 12.6. The number of rotatable bonds is 5. The molecule has 2 N–H and O–H groups in total. The molecule has 8 heteroatoms. The van der Waals surface area contributed by atoms with E-state index in [9.17, 15) is 17.6 Å². The van der Waals surface area contributed by atoms with Crippen LogP contribution in [-0.2, 0) is 10.0 Å². The molecular weight excluding hydrogens is 381 g/mol. The summed E-state index contributed by atoms with van der Waals surface area (Å²) in [6.07, 6.45) is 1.07. The van der Waals surface area contributed by atoms with Crippen molar-refractivity contribution in [1.82, 2.24) is 10.3 Å². The number of carbonyl (C=O) groups is 1. The summed E-state index contributed by atoms with van der Waals surface area (Å²) in [6.45, 7) is 3.49. The van der Waals surface area contributed by atoms with Gasteiger partial charge in [0, 0.05) is 17.1 Å². The first-order valence-corrected chi connectivity index (χ1v) is 10.5. The van der Waals surface area contributed by atoms with Crippen LogP contribution in [0.25, 0.3) is 10.9 Å². The lowest BCUT2D eigenvalue weighted by atomic mass is 10.0. The standard InChI is InChI=1S/C20H20FN3O3S/c1-12-10-17(16-9-8-14(21)11-19(16)22-12)20(25)23-13(2)15-6-4-5-7-18(15)24-28(3,26)27/h4-11,13,24H,1-3H3,(H,23,25). The third kappa shape index (κ3) is 4.45. The number of hydrogen-bond donors (Lipinski definition) is 2. The third-order valence-electron chi connectivity index (χ3n) is 4.21. The number of para-hydroxylation sites is 1. The van der Waals surface area contributed by atoms with Gasteiger partial charge < -0.3 is 5.32 Å². The highest BCUT2D eigenvalue weighted by Crippen LogP contribution is 2.25. The Balaban J connectivity index is 1.93. The highest BCUT2D eigenvalue weighted by Gasteiger charge is 2.18. The smallest absolute Gasteiger partial charge is 0.252 e. The zero-order chi connectivity index (χ0) is 20.5. The molecule has 3 aromatic rings. The van der Waals surface area contributed by atoms with E-state index in [2.05, 4.69) is 15.0 Å². The van der Waals surface area contributed by atoms with Gasteiger partial charge in [-0.3, -0.25) is 14.5 Å². The molecular formula is C20H20FN3O3S. The molecule has 2 aromatic carbocycles. The number of fused-ring (bicyclic) bond motifs is 1. The summed E-state index contributed by atoms with van der Waals surface area (Å²) in [5, 5.41) is 3.42. The molecule has 0 aliphatic carbocycles. The second-order valence-corrected chi connectivity index (χ2v) is 8.38. The number of nitrogens with zero attached hydrogens (tertiary/aromatic N) is 1. The fraction of sp³-hybridized carbons (Fsp3) is 0.200. The van der Waals surface area contributed by atoms with Crippen LogP contribution in [0.5, 0.6) is 0 Å². The summed E-state index contributed by atoms with van der Waals surface area (Å²) < 4.78 is 39.2. The van der Waals surface area contributed by atoms with E-state index in [1.807, 2.05) is 0 Å². The van der Waals surface area contributed by atoms with Crippen LogP contribution in [0.15, 0.2) is 48.5 Å². The van der Waals surface area contributed by atoms with Crippen molar-refractivity contribution in [3.05, 3.63) is 71.2 Å². The first-order chi connectivity index (χ1) is 13.1. The SMILES string of the molecule is Cc1cc(C(=O)NC(C)c2ccccc2NS(C)(=O)=O)c2ccc(F)cc2n1. The summed E-state index contributed by atoms with van der Waals surface area (Å²) in [6, 6.07) is 12.1. The maximum atomic E-state index is 13.5. The summed E-state index contributed by atoms with van der Waals surface area (Å²) in [4.78, 5) is 17.2. The molecule has 0 spiro atoms. The Bertz CT molecular complexity index is 1160. The number of sulfonamides is 1. The number of benzene rings is 2. The largest absolute Gasteiger partial charge is 0.345 e. The lowest BCUT2D eigenvalue weighted by Crippen LogP contribution is -2.28. The lowest BCUT2D eigenvalue weighted by Gasteiger charge is -2.19. The Morgan fingerprint density at radius 2 is 1.86 bits per heavy atom. The maximum Gasteiger partial charge on any atom is 0.252 e. The highest BCUT2D eigenvalue weighted by atomic mass is 32.2. The van der Waals surface area contributed by atoms with Crippen molar-refractivity contribution in [2.75, 3.05) is 11.0 Å². The monoisotopic (exact) mass is 401 g/mol. The second-order valence-electron chi connectivity index (χ2n) is 6.63. The molecule has 1 heterocycles. The van der Waals surface area contributed by atoms with Crippen LogP contribution in [0, 0.1) is 12.7 Å². The van der Waals surface area contributed by atoms with Crippen LogP contribution < -0.4 is 10.0 Å². The van der Waals surface area contributed by atoms with E-state index >= 15 is 0 Å². The minimum atomic E-state index is -3.46. The van der Waals surface area contributed by atoms with Crippen LogP contribution in [0.4, 0.5) is 10.1 Å². The van der Waals surface area contributed by atoms with Crippen molar-refractivity contribution in [3.8, 4) is 0 Å². The molecule has 146 valence electrons. The molecule has 0 saturated carbocycles. The molecule has 0 fully saturated rings. The van der Waals surface area contributed by atoms with Gasteiger partial charge in [-0.05, 0) is 43.7 Å². The minimum absolute atomic E-state index is 0.358. The number of carbonyl (C=O) groups excluding carboxylic acids is 1. The lowest BCUT2D eigenvalue weighted by molar-refractivity contribution is 0.0941. The first-order valence-electron chi connectivity index (χ1n) is 8.58. The molecule has 1 amide bonds. The average molecular weight is 401 g/mol. The van der Waals surface area contributed by atoms with E-state index in [0.717, 1.165) is 6.26 Å². The average Bonchev–Trinajstić information content (AvgIpc) is 2.59. The van der Waals surface area contributed by atoms with Gasteiger partial charge in [-0.15, -0.1) is 0 Å². The van der Waals surface area contributed by atoms with Gasteiger partial charge >= 0.3 is 0 Å². The summed E-state index contributed by atoms with van der Waals surface area (Å²) >= 11 is 0. The van der Waals surface area contributed by atoms with Gasteiger partial charge in [-0.1, -0.05) is 18.2 Å². The van der Waals surface area contributed by atoms with Gasteiger partial charge in [0.05, 0.1) is 29.1 Å². The van der Waals surface area contributed by atoms with Crippen molar-refractivity contribution in [2.24, 2.45) is 0 Å². The second kappa shape index (κ2) is 7.55. The molecule has 1 unspecified atom stereocenters. The quantitative estimate of drug-likeness (QED) is 0.684. The summed E-state index contributed by atoms with van der Waals surface area (Å²) in [5.74, 6) is -0.783. The molecule has 0 saturated heterocycles. The van der Waals surface area contributed by atoms with E-state index < -0.39 is 21.9 Å². The Morgan fingerprint density at radius 3 is 2.57 bits per heavy atom. The molecule has 6 nitrogen and oxygen atoms in total. The molecule has 1 aromatic heterocycles. The van der Waals surface area contributed by atoms with Crippen molar-refractivity contribution < 1.29 is 17.6 Å². The van der Waals surface area contributed by atoms with E-state index in [0.29, 0.717) is 33.4 Å². The number of pyridine rings is 1. The number of halogens is 1. The van der Waals surface area contributed by atoms with Crippen molar-refractivity contribution in [2.45, 2.75) is 19.9 Å². The van der Waals surface area contributed by atoms with Crippen LogP contribution in [0.3, 0.4) is 0 Å². The van der Waals surface area contributed by atoms with Crippen molar-refractivity contribution in [1.29, 1.82) is 0 Å². The van der Waals surface area contributed by atoms with Crippen molar-refractivity contribution >= 4 is 32.5 Å². The predicted molar refractivity (Wildman–Crippen MR) is 107 cm³/mol. The summed E-state index contributed by atoms with van der Waals surface area (Å²) in [5.41, 5.74) is 2.40. The number of amides is 1. The molecule has 1 atom stereocenters. The van der Waals surface area contributed by atoms with E-state index in [1.54, 1.807) is 44.2 Å². The number of nitrogens with one attached hydrogen (secondary N) is 2. The Kier molecular flexibility index (Phi) is 5.33. The third-order valence-corrected chi connectivity index (χ3v) is 4.81. The Morgan fingerprint density at radius 1 is 1.14 bits per heavy atom. The van der Waals surface area contributed by atoms with Gasteiger partial charge in [0.25, 0.3) is 5.91 Å². The molecule has 3 rings (SSSR count). The fourth-order valence-corrected chi connectivity index (χ4v) is 3.63. The number of aryl methyl sites for hydroxylation is 1. The van der Waals surface area contributed by atoms with E-state index in [1.165, 1.54) is 18.2 Å². The zero-order valence-corrected chi connectivity index (χ0v) is 16.5. The molecule has 0 aliphatic heterocycles. The van der Waals surface area contributed by atoms with Crippen LogP contribution in [0.2, 0.25) is 0 Å². The Labute approximate surface area is 162 Å². The fourth-order valence-electron chi connectivity index (χ4n) is 3.04. The van der Waals surface area contributed by atoms with E-state index in [-0.39, 0.29) is 5.91 Å². The molecule has 0 radical (unpaired) electrons. The van der Waals surface area contributed by atoms with Crippen LogP contribution in [0.1, 0.15) is 34.6 Å². The van der Waals surface area contributed by atoms with Gasteiger partial charge in [0.2, 0.25) is 10.0 Å². The molecule has 0 bridgehead atoms. The van der Waals surface area contributed by atoms with Crippen LogP contribution >= 0.6 is 0 Å². The number of hydrogen-bond acceptors (Lipinski definition) is 4. The summed E-state index contributed by atoms with van der Waals surface area (Å²) in [7, 11) is -3.46. The predicted octanol–water partition coefficient (Wildman–Crippen LogP) is 3.54. The minimum Gasteiger partial charge on any atom is -0.345 e. The number of anilines is 1. The van der Waals surface area contributed by atoms with Crippen LogP contribution in [-0.4, -0.2) is 25.6 Å². The number of aromatic nitrogens is 1. The molecule has 28 heavy (non-hydrogen) atoms. The zero-order valence-electron chi connectivity index (χ0n) is 15.7.